The minimum atomic E-state index is -0.214. The highest BCUT2D eigenvalue weighted by molar-refractivity contribution is 7.71. The molecule has 5 aromatic rings. The second-order valence-electron chi connectivity index (χ2n) is 9.90. The van der Waals surface area contributed by atoms with Crippen molar-refractivity contribution in [3.05, 3.63) is 82.0 Å². The van der Waals surface area contributed by atoms with Crippen LogP contribution in [0.5, 0.6) is 0 Å². The molecule has 0 atom stereocenters. The van der Waals surface area contributed by atoms with Crippen LogP contribution in [-0.2, 0) is 11.3 Å². The first-order chi connectivity index (χ1) is 19.5. The quantitative estimate of drug-likeness (QED) is 0.145. The third kappa shape index (κ3) is 5.54. The van der Waals surface area contributed by atoms with Crippen molar-refractivity contribution in [3.63, 3.8) is 0 Å². The molecule has 1 saturated carbocycles. The van der Waals surface area contributed by atoms with Crippen LogP contribution in [0.2, 0.25) is 0 Å². The molecule has 9 nitrogen and oxygen atoms in total. The summed E-state index contributed by atoms with van der Waals surface area (Å²) in [7, 11) is 1.64. The van der Waals surface area contributed by atoms with Crippen LogP contribution in [0, 0.1) is 4.84 Å². The number of amides is 2. The van der Waals surface area contributed by atoms with Gasteiger partial charge in [-0.1, -0.05) is 24.3 Å². The number of carbonyl (C=O) groups excluding carboxylic acids is 2. The zero-order valence-electron chi connectivity index (χ0n) is 21.9. The fourth-order valence-corrected chi connectivity index (χ4v) is 4.80. The van der Waals surface area contributed by atoms with Crippen molar-refractivity contribution in [1.82, 2.24) is 20.6 Å². The molecular formula is C30H28N4O5S. The average molecular weight is 557 g/mol. The molecule has 0 unspecified atom stereocenters. The molecule has 2 heterocycles. The van der Waals surface area contributed by atoms with Gasteiger partial charge in [0.05, 0.1) is 5.52 Å². The van der Waals surface area contributed by atoms with Crippen LogP contribution in [-0.4, -0.2) is 42.0 Å². The third-order valence-corrected chi connectivity index (χ3v) is 7.10. The lowest BCUT2D eigenvalue weighted by Crippen LogP contribution is -2.25. The number of oxazole rings is 2. The zero-order valence-corrected chi connectivity index (χ0v) is 22.7. The SMILES string of the molecule is COCCCNC(=O)c1cc(-c2ccc(CNC(=O)c3ccc4[nH]c(=S)oc4c3)cc2)c2nc(C3CC3)oc2c1. The summed E-state index contributed by atoms with van der Waals surface area (Å²) >= 11 is 5.01. The predicted molar refractivity (Wildman–Crippen MR) is 153 cm³/mol. The molecule has 3 N–H and O–H groups in total. The number of hydrogen-bond acceptors (Lipinski definition) is 7. The van der Waals surface area contributed by atoms with Crippen LogP contribution in [0.25, 0.3) is 33.3 Å². The van der Waals surface area contributed by atoms with E-state index in [4.69, 9.17) is 30.8 Å². The number of nitrogens with zero attached hydrogens (tertiary/aromatic N) is 1. The Kier molecular flexibility index (Phi) is 7.19. The van der Waals surface area contributed by atoms with Crippen LogP contribution in [0.4, 0.5) is 0 Å². The summed E-state index contributed by atoms with van der Waals surface area (Å²) in [4.78, 5) is 33.6. The first-order valence-corrected chi connectivity index (χ1v) is 13.6. The first kappa shape index (κ1) is 26.0. The van der Waals surface area contributed by atoms with Gasteiger partial charge >= 0.3 is 0 Å². The van der Waals surface area contributed by atoms with E-state index in [1.807, 2.05) is 30.3 Å². The normalized spacial score (nSPS) is 13.1. The highest BCUT2D eigenvalue weighted by Crippen LogP contribution is 2.42. The van der Waals surface area contributed by atoms with E-state index in [2.05, 4.69) is 15.6 Å². The van der Waals surface area contributed by atoms with Crippen LogP contribution >= 0.6 is 12.2 Å². The van der Waals surface area contributed by atoms with Gasteiger partial charge in [-0.25, -0.2) is 4.98 Å². The molecule has 2 amide bonds. The average Bonchev–Trinajstić information content (AvgIpc) is 3.61. The van der Waals surface area contributed by atoms with Crippen LogP contribution < -0.4 is 10.6 Å². The van der Waals surface area contributed by atoms with E-state index in [1.54, 1.807) is 31.4 Å². The van der Waals surface area contributed by atoms with Gasteiger partial charge in [-0.3, -0.25) is 9.59 Å². The molecule has 6 rings (SSSR count). The van der Waals surface area contributed by atoms with Gasteiger partial charge in [0, 0.05) is 49.4 Å². The largest absolute Gasteiger partial charge is 0.440 e. The molecule has 1 aliphatic rings. The lowest BCUT2D eigenvalue weighted by Gasteiger charge is -2.09. The minimum absolute atomic E-state index is 0.169. The Morgan fingerprint density at radius 2 is 1.77 bits per heavy atom. The van der Waals surface area contributed by atoms with E-state index in [0.29, 0.717) is 47.9 Å². The number of methoxy groups -OCH3 is 1. The lowest BCUT2D eigenvalue weighted by molar-refractivity contribution is 0.0941. The van der Waals surface area contributed by atoms with E-state index in [1.165, 1.54) is 0 Å². The summed E-state index contributed by atoms with van der Waals surface area (Å²) in [6.07, 6.45) is 2.87. The molecule has 3 aromatic carbocycles. The molecule has 2 aromatic heterocycles. The summed E-state index contributed by atoms with van der Waals surface area (Å²) in [6.45, 7) is 1.45. The van der Waals surface area contributed by atoms with E-state index < -0.39 is 0 Å². The Morgan fingerprint density at radius 1 is 1.00 bits per heavy atom. The number of hydrogen-bond donors (Lipinski definition) is 3. The number of aromatic nitrogens is 2. The number of ether oxygens (including phenoxy) is 1. The van der Waals surface area contributed by atoms with Crippen molar-refractivity contribution >= 4 is 46.2 Å². The highest BCUT2D eigenvalue weighted by atomic mass is 32.1. The number of H-pyrrole nitrogens is 1. The van der Waals surface area contributed by atoms with Gasteiger partial charge in [-0.2, -0.15) is 0 Å². The molecule has 204 valence electrons. The number of fused-ring (bicyclic) bond motifs is 2. The Bertz CT molecular complexity index is 1760. The van der Waals surface area contributed by atoms with Crippen LogP contribution in [0.1, 0.15) is 57.4 Å². The van der Waals surface area contributed by atoms with E-state index >= 15 is 0 Å². The van der Waals surface area contributed by atoms with Crippen LogP contribution in [0.3, 0.4) is 0 Å². The molecule has 10 heteroatoms. The van der Waals surface area contributed by atoms with Crippen molar-refractivity contribution in [2.24, 2.45) is 0 Å². The second kappa shape index (κ2) is 11.1. The predicted octanol–water partition coefficient (Wildman–Crippen LogP) is 5.87. The minimum Gasteiger partial charge on any atom is -0.440 e. The van der Waals surface area contributed by atoms with E-state index in [0.717, 1.165) is 52.9 Å². The molecule has 1 fully saturated rings. The molecule has 0 saturated heterocycles. The third-order valence-electron chi connectivity index (χ3n) is 6.91. The van der Waals surface area contributed by atoms with Gasteiger partial charge in [0.2, 0.25) is 0 Å². The maximum Gasteiger partial charge on any atom is 0.266 e. The summed E-state index contributed by atoms with van der Waals surface area (Å²) in [6, 6.07) is 16.6. The maximum atomic E-state index is 12.9. The van der Waals surface area contributed by atoms with Crippen molar-refractivity contribution in [2.45, 2.75) is 31.7 Å². The van der Waals surface area contributed by atoms with Gasteiger partial charge in [0.25, 0.3) is 16.7 Å². The van der Waals surface area contributed by atoms with Gasteiger partial charge < -0.3 is 29.2 Å². The number of aromatic amines is 1. The fraction of sp³-hybridized carbons (Fsp3) is 0.267. The zero-order chi connectivity index (χ0) is 27.6. The summed E-state index contributed by atoms with van der Waals surface area (Å²) in [5.41, 5.74) is 6.30. The summed E-state index contributed by atoms with van der Waals surface area (Å²) < 4.78 is 16.6. The first-order valence-electron chi connectivity index (χ1n) is 13.2. The van der Waals surface area contributed by atoms with Crippen molar-refractivity contribution in [1.29, 1.82) is 0 Å². The molecule has 40 heavy (non-hydrogen) atoms. The number of carbonyl (C=O) groups is 2. The molecule has 0 spiro atoms. The Hall–Kier alpha value is -4.28. The Morgan fingerprint density at radius 3 is 2.55 bits per heavy atom. The maximum absolute atomic E-state index is 12.9. The van der Waals surface area contributed by atoms with Crippen molar-refractivity contribution < 1.29 is 23.2 Å². The van der Waals surface area contributed by atoms with Gasteiger partial charge in [0.15, 0.2) is 17.1 Å². The van der Waals surface area contributed by atoms with E-state index in [-0.39, 0.29) is 16.7 Å². The van der Waals surface area contributed by atoms with E-state index in [9.17, 15) is 9.59 Å². The summed E-state index contributed by atoms with van der Waals surface area (Å²) in [5.74, 6) is 0.692. The van der Waals surface area contributed by atoms with Gasteiger partial charge in [-0.15, -0.1) is 0 Å². The summed E-state index contributed by atoms with van der Waals surface area (Å²) in [5, 5.41) is 5.89. The number of rotatable bonds is 10. The molecule has 0 radical (unpaired) electrons. The second-order valence-corrected chi connectivity index (χ2v) is 10.3. The van der Waals surface area contributed by atoms with Crippen LogP contribution in [0.15, 0.2) is 63.4 Å². The van der Waals surface area contributed by atoms with Gasteiger partial charge in [-0.05, 0) is 72.9 Å². The fourth-order valence-electron chi connectivity index (χ4n) is 4.60. The van der Waals surface area contributed by atoms with Gasteiger partial charge in [0.1, 0.15) is 5.52 Å². The topological polar surface area (TPSA) is 122 Å². The molecular weight excluding hydrogens is 528 g/mol. The van der Waals surface area contributed by atoms with Crippen molar-refractivity contribution in [3.8, 4) is 11.1 Å². The number of nitrogens with one attached hydrogen (secondary N) is 3. The number of benzene rings is 3. The smallest absolute Gasteiger partial charge is 0.266 e. The lowest BCUT2D eigenvalue weighted by atomic mass is 9.99. The highest BCUT2D eigenvalue weighted by Gasteiger charge is 2.30. The Balaban J connectivity index is 1.21. The van der Waals surface area contributed by atoms with Crippen molar-refractivity contribution in [2.75, 3.05) is 20.3 Å². The molecule has 1 aliphatic carbocycles. The monoisotopic (exact) mass is 556 g/mol. The molecule has 0 bridgehead atoms. The standard InChI is InChI=1S/C30H28N4O5S/c1-37-12-2-11-31-28(36)21-13-22(26-25(15-21)38-29(34-26)19-7-8-19)18-5-3-17(4-6-18)16-32-27(35)20-9-10-23-24(14-20)39-30(40)33-23/h3-6,9-10,13-15,19H,2,7-8,11-12,16H2,1H3,(H,31,36)(H,32,35)(H,33,40). The Labute approximate surface area is 234 Å². The molecule has 0 aliphatic heterocycles.